The van der Waals surface area contributed by atoms with Crippen molar-refractivity contribution < 1.29 is 4.74 Å². The van der Waals surface area contributed by atoms with Crippen molar-refractivity contribution in [3.8, 4) is 0 Å². The molecule has 9 heavy (non-hydrogen) atoms. The molecule has 0 saturated heterocycles. The van der Waals surface area contributed by atoms with Crippen molar-refractivity contribution in [3.05, 3.63) is 12.2 Å². The Balaban J connectivity index is 2.82. The molecule has 0 atom stereocenters. The van der Waals surface area contributed by atoms with Crippen molar-refractivity contribution in [1.29, 1.82) is 0 Å². The van der Waals surface area contributed by atoms with Gasteiger partial charge in [0.05, 0.1) is 13.3 Å². The molecule has 2 heteroatoms. The molecule has 0 rings (SSSR count). The predicted octanol–water partition coefficient (Wildman–Crippen LogP) is 1.15. The summed E-state index contributed by atoms with van der Waals surface area (Å²) in [7, 11) is 1.86. The molecule has 0 aliphatic carbocycles. The van der Waals surface area contributed by atoms with Gasteiger partial charge in [-0.25, -0.2) is 0 Å². The molecule has 0 heterocycles. The van der Waals surface area contributed by atoms with E-state index in [9.17, 15) is 0 Å². The molecule has 54 valence electrons. The van der Waals surface area contributed by atoms with E-state index >= 15 is 0 Å². The summed E-state index contributed by atoms with van der Waals surface area (Å²) in [6.07, 6.45) is 5.20. The molecule has 2 nitrogen and oxygen atoms in total. The number of rotatable bonds is 5. The highest BCUT2D eigenvalue weighted by molar-refractivity contribution is 4.79. The van der Waals surface area contributed by atoms with Gasteiger partial charge in [0.25, 0.3) is 0 Å². The molecule has 0 amide bonds. The minimum absolute atomic E-state index is 0.633. The topological polar surface area (TPSA) is 21.3 Å². The molecule has 0 aliphatic heterocycles. The Morgan fingerprint density at radius 2 is 2.22 bits per heavy atom. The Morgan fingerprint density at radius 1 is 1.44 bits per heavy atom. The molecule has 0 aromatic carbocycles. The van der Waals surface area contributed by atoms with E-state index in [0.29, 0.717) is 13.3 Å². The van der Waals surface area contributed by atoms with Crippen molar-refractivity contribution in [2.24, 2.45) is 0 Å². The van der Waals surface area contributed by atoms with E-state index in [1.807, 2.05) is 13.1 Å². The van der Waals surface area contributed by atoms with Gasteiger partial charge in [0.2, 0.25) is 0 Å². The van der Waals surface area contributed by atoms with E-state index in [0.717, 1.165) is 6.42 Å². The minimum atomic E-state index is 0.633. The monoisotopic (exact) mass is 129 g/mol. The van der Waals surface area contributed by atoms with Crippen LogP contribution in [0.15, 0.2) is 12.2 Å². The second-order valence-corrected chi connectivity index (χ2v) is 1.75. The van der Waals surface area contributed by atoms with Crippen LogP contribution in [0, 0.1) is 0 Å². The molecule has 0 unspecified atom stereocenters. The summed E-state index contributed by atoms with van der Waals surface area (Å²) in [5.41, 5.74) is 0. The Morgan fingerprint density at radius 3 is 2.78 bits per heavy atom. The molecule has 1 N–H and O–H groups in total. The van der Waals surface area contributed by atoms with Crippen LogP contribution in [-0.2, 0) is 4.74 Å². The van der Waals surface area contributed by atoms with Crippen molar-refractivity contribution >= 4 is 0 Å². The summed E-state index contributed by atoms with van der Waals surface area (Å²) in [6.45, 7) is 3.46. The van der Waals surface area contributed by atoms with Crippen LogP contribution in [0.5, 0.6) is 0 Å². The lowest BCUT2D eigenvalue weighted by molar-refractivity contribution is 0.148. The van der Waals surface area contributed by atoms with Crippen LogP contribution in [0.25, 0.3) is 0 Å². The van der Waals surface area contributed by atoms with E-state index in [1.54, 1.807) is 0 Å². The zero-order valence-corrected chi connectivity index (χ0v) is 6.18. The third kappa shape index (κ3) is 7.66. The van der Waals surface area contributed by atoms with Crippen molar-refractivity contribution in [2.75, 3.05) is 20.4 Å². The van der Waals surface area contributed by atoms with E-state index in [1.165, 1.54) is 0 Å². The molecule has 0 radical (unpaired) electrons. The number of ether oxygens (including phenoxy) is 1. The highest BCUT2D eigenvalue weighted by Crippen LogP contribution is 1.79. The van der Waals surface area contributed by atoms with Gasteiger partial charge < -0.3 is 4.74 Å². The van der Waals surface area contributed by atoms with Crippen LogP contribution >= 0.6 is 0 Å². The lowest BCUT2D eigenvalue weighted by Gasteiger charge is -1.96. The fourth-order valence-electron chi connectivity index (χ4n) is 0.464. The van der Waals surface area contributed by atoms with Gasteiger partial charge in [0.1, 0.15) is 0 Å². The first-order valence-electron chi connectivity index (χ1n) is 3.29. The van der Waals surface area contributed by atoms with Crippen LogP contribution in [0.1, 0.15) is 13.3 Å². The third-order valence-electron chi connectivity index (χ3n) is 0.863. The smallest absolute Gasteiger partial charge is 0.0967 e. The molecule has 0 aromatic heterocycles. The minimum Gasteiger partial charge on any atom is -0.362 e. The van der Waals surface area contributed by atoms with E-state index in [2.05, 4.69) is 18.3 Å². The van der Waals surface area contributed by atoms with Crippen LogP contribution in [0.3, 0.4) is 0 Å². The quantitative estimate of drug-likeness (QED) is 0.341. The molecule has 0 fully saturated rings. The van der Waals surface area contributed by atoms with Gasteiger partial charge in [-0.2, -0.15) is 0 Å². The summed E-state index contributed by atoms with van der Waals surface area (Å²) >= 11 is 0. The average molecular weight is 129 g/mol. The van der Waals surface area contributed by atoms with Crippen LogP contribution in [-0.4, -0.2) is 20.4 Å². The molecule has 0 spiro atoms. The molecule has 0 bridgehead atoms. The van der Waals surface area contributed by atoms with Gasteiger partial charge in [-0.3, -0.25) is 5.32 Å². The van der Waals surface area contributed by atoms with E-state index in [-0.39, 0.29) is 0 Å². The van der Waals surface area contributed by atoms with Gasteiger partial charge in [-0.1, -0.05) is 19.1 Å². The molecule has 0 aromatic rings. The predicted molar refractivity (Wildman–Crippen MR) is 39.3 cm³/mol. The first kappa shape index (κ1) is 8.66. The fraction of sp³-hybridized carbons (Fsp3) is 0.714. The molecule has 0 saturated carbocycles. The van der Waals surface area contributed by atoms with Gasteiger partial charge in [-0.05, 0) is 13.5 Å². The van der Waals surface area contributed by atoms with Crippen LogP contribution < -0.4 is 5.32 Å². The van der Waals surface area contributed by atoms with Gasteiger partial charge >= 0.3 is 0 Å². The summed E-state index contributed by atoms with van der Waals surface area (Å²) in [4.78, 5) is 0. The maximum Gasteiger partial charge on any atom is 0.0967 e. The summed E-state index contributed by atoms with van der Waals surface area (Å²) in [5, 5.41) is 2.89. The van der Waals surface area contributed by atoms with Crippen molar-refractivity contribution in [1.82, 2.24) is 5.32 Å². The van der Waals surface area contributed by atoms with Gasteiger partial charge in [0, 0.05) is 0 Å². The maximum absolute atomic E-state index is 5.09. The van der Waals surface area contributed by atoms with Crippen LogP contribution in [0.4, 0.5) is 0 Å². The van der Waals surface area contributed by atoms with Crippen molar-refractivity contribution in [3.63, 3.8) is 0 Å². The first-order chi connectivity index (χ1) is 4.41. The Kier molecular flexibility index (Phi) is 7.37. The highest BCUT2D eigenvalue weighted by atomic mass is 16.5. The zero-order chi connectivity index (χ0) is 6.95. The molecule has 0 aliphatic rings. The second kappa shape index (κ2) is 7.66. The number of hydrogen-bond acceptors (Lipinski definition) is 2. The maximum atomic E-state index is 5.09. The van der Waals surface area contributed by atoms with Crippen LogP contribution in [0.2, 0.25) is 0 Å². The van der Waals surface area contributed by atoms with Gasteiger partial charge in [-0.15, -0.1) is 0 Å². The zero-order valence-electron chi connectivity index (χ0n) is 6.18. The number of nitrogens with one attached hydrogen (secondary N) is 1. The van der Waals surface area contributed by atoms with Crippen molar-refractivity contribution in [2.45, 2.75) is 13.3 Å². The summed E-state index contributed by atoms with van der Waals surface area (Å²) in [6, 6.07) is 0. The first-order valence-corrected chi connectivity index (χ1v) is 3.29. The number of hydrogen-bond donors (Lipinski definition) is 1. The standard InChI is InChI=1S/C7H15NO/c1-3-4-5-6-9-7-8-2/h4-5,8H,3,6-7H2,1-2H3. The Labute approximate surface area is 56.9 Å². The van der Waals surface area contributed by atoms with E-state index < -0.39 is 0 Å². The largest absolute Gasteiger partial charge is 0.362 e. The fourth-order valence-corrected chi connectivity index (χ4v) is 0.464. The van der Waals surface area contributed by atoms with Gasteiger partial charge in [0.15, 0.2) is 0 Å². The van der Waals surface area contributed by atoms with E-state index in [4.69, 9.17) is 4.74 Å². The second-order valence-electron chi connectivity index (χ2n) is 1.75. The molecular weight excluding hydrogens is 114 g/mol. The SMILES string of the molecule is CCC=CCOCNC. The third-order valence-corrected chi connectivity index (χ3v) is 0.863. The lowest BCUT2D eigenvalue weighted by Crippen LogP contribution is -2.11. The average Bonchev–Trinajstić information content (AvgIpc) is 1.89. The Bertz CT molecular complexity index is 71.3. The normalized spacial score (nSPS) is 10.9. The highest BCUT2D eigenvalue weighted by Gasteiger charge is 1.75. The lowest BCUT2D eigenvalue weighted by atomic mass is 10.4. The number of allylic oxidation sites excluding steroid dienone is 1. The Hall–Kier alpha value is -0.340. The molecular formula is C7H15NO. The summed E-state index contributed by atoms with van der Waals surface area (Å²) in [5.74, 6) is 0. The summed E-state index contributed by atoms with van der Waals surface area (Å²) < 4.78 is 5.09.